The average molecular weight is 521 g/mol. The Bertz CT molecular complexity index is 1390. The second-order valence-corrected chi connectivity index (χ2v) is 9.39. The molecule has 4 rings (SSSR count). The summed E-state index contributed by atoms with van der Waals surface area (Å²) < 4.78 is 30.5. The summed E-state index contributed by atoms with van der Waals surface area (Å²) >= 11 is 5.85. The number of nitrogens with zero attached hydrogens (tertiary/aromatic N) is 1. The Kier molecular flexibility index (Phi) is 7.14. The number of amides is 4. The first kappa shape index (κ1) is 28.1. The van der Waals surface area contributed by atoms with Crippen LogP contribution in [-0.2, 0) is 32.2 Å². The van der Waals surface area contributed by atoms with E-state index < -0.39 is 68.3 Å². The number of rotatable bonds is 5. The largest absolute Gasteiger partial charge is 0.358 e. The van der Waals surface area contributed by atoms with Gasteiger partial charge in [-0.15, -0.1) is 0 Å². The Morgan fingerprint density at radius 1 is 1.05 bits per heavy atom. The van der Waals surface area contributed by atoms with Gasteiger partial charge in [-0.05, 0) is 29.0 Å². The van der Waals surface area contributed by atoms with Crippen LogP contribution in [0.2, 0.25) is 5.02 Å². The molecule has 0 bridgehead atoms. The van der Waals surface area contributed by atoms with Gasteiger partial charge < -0.3 is 10.2 Å². The maximum Gasteiger partial charge on any atom is 0.348 e. The van der Waals surface area contributed by atoms with E-state index >= 15 is 8.78 Å². The van der Waals surface area contributed by atoms with Gasteiger partial charge in [-0.25, -0.2) is 0 Å². The number of fused-ring (bicyclic) bond motifs is 1. The lowest BCUT2D eigenvalue weighted by Crippen LogP contribution is -2.56. The zero-order valence-corrected chi connectivity index (χ0v) is 20.4. The van der Waals surface area contributed by atoms with Crippen molar-refractivity contribution in [1.82, 2.24) is 15.5 Å². The summed E-state index contributed by atoms with van der Waals surface area (Å²) in [5, 5.41) is 1.34. The number of carbonyl (C=O) groups excluding carboxylic acids is 4. The SMILES string of the molecule is [B]c1c([B])c(C(F)(F)C(=O)NC([B])([B])c2ccc3c(c2)CN(C2CCC(=O)NC2=O)C3=O)c([B])c([B])c1Cl. The molecule has 2 heterocycles. The van der Waals surface area contributed by atoms with Crippen LogP contribution in [0.5, 0.6) is 0 Å². The molecule has 2 aromatic rings. The van der Waals surface area contributed by atoms with E-state index in [-0.39, 0.29) is 35.5 Å². The standard InChI is InChI=1S/C22H12B6ClF2N3O4/c23-13-12(14(24)16(26)17(29)15(13)25)21(30,31)20(38)33-22(27,28)8-1-2-9-7(5-8)6-34(19(9)37)10-3-4-11(35)32-18(10)36/h1-2,5,10H,3-4,6H2,(H,33,38)(H,32,35,36). The molecule has 1 saturated heterocycles. The van der Waals surface area contributed by atoms with Crippen LogP contribution in [0, 0.1) is 0 Å². The molecule has 1 unspecified atom stereocenters. The van der Waals surface area contributed by atoms with Gasteiger partial charge in [-0.3, -0.25) is 24.5 Å². The fourth-order valence-electron chi connectivity index (χ4n) is 4.42. The lowest BCUT2D eigenvalue weighted by Gasteiger charge is -2.32. The van der Waals surface area contributed by atoms with E-state index in [1.54, 1.807) is 0 Å². The summed E-state index contributed by atoms with van der Waals surface area (Å²) in [4.78, 5) is 50.5. The predicted octanol–water partition coefficient (Wildman–Crippen LogP) is -3.37. The fourth-order valence-corrected chi connectivity index (χ4v) is 4.62. The van der Waals surface area contributed by atoms with E-state index in [1.165, 1.54) is 23.1 Å². The molecular formula is C22H12B6ClF2N3O4. The normalized spacial score (nSPS) is 17.8. The van der Waals surface area contributed by atoms with Crippen molar-refractivity contribution in [2.75, 3.05) is 0 Å². The quantitative estimate of drug-likeness (QED) is 0.318. The summed E-state index contributed by atoms with van der Waals surface area (Å²) in [5.74, 6) is -7.87. The number of alkyl halides is 2. The molecule has 7 nitrogen and oxygen atoms in total. The third kappa shape index (κ3) is 4.59. The molecule has 0 aromatic heterocycles. The van der Waals surface area contributed by atoms with Crippen LogP contribution in [0.25, 0.3) is 0 Å². The number of benzene rings is 2. The number of carbonyl (C=O) groups is 4. The highest BCUT2D eigenvalue weighted by atomic mass is 35.5. The molecule has 12 radical (unpaired) electrons. The maximum atomic E-state index is 15.3. The number of halogens is 3. The predicted molar refractivity (Wildman–Crippen MR) is 141 cm³/mol. The highest BCUT2D eigenvalue weighted by Crippen LogP contribution is 2.31. The first-order valence-corrected chi connectivity index (χ1v) is 11.4. The molecule has 1 atom stereocenters. The summed E-state index contributed by atoms with van der Waals surface area (Å²) in [5.41, 5.74) is -3.06. The van der Waals surface area contributed by atoms with Crippen molar-refractivity contribution in [1.29, 1.82) is 0 Å². The number of nitrogens with one attached hydrogen (secondary N) is 2. The lowest BCUT2D eigenvalue weighted by atomic mass is 9.57. The molecule has 178 valence electrons. The smallest absolute Gasteiger partial charge is 0.348 e. The second kappa shape index (κ2) is 9.67. The van der Waals surface area contributed by atoms with Crippen molar-refractivity contribution in [2.45, 2.75) is 36.7 Å². The second-order valence-electron chi connectivity index (χ2n) is 9.01. The molecule has 1 fully saturated rings. The van der Waals surface area contributed by atoms with Gasteiger partial charge in [0.2, 0.25) is 11.8 Å². The van der Waals surface area contributed by atoms with E-state index in [4.69, 9.17) is 58.7 Å². The number of hydrogen-bond donors (Lipinski definition) is 2. The van der Waals surface area contributed by atoms with Gasteiger partial charge in [0, 0.05) is 29.1 Å². The topological polar surface area (TPSA) is 95.6 Å². The van der Waals surface area contributed by atoms with Crippen molar-refractivity contribution >= 4 is 104 Å². The molecule has 2 aliphatic rings. The molecule has 4 amide bonds. The minimum Gasteiger partial charge on any atom is -0.358 e. The van der Waals surface area contributed by atoms with Crippen molar-refractivity contribution < 1.29 is 28.0 Å². The number of piperidine rings is 1. The summed E-state index contributed by atoms with van der Waals surface area (Å²) in [7, 11) is 34.6. The minimum absolute atomic E-state index is 0.0330. The molecule has 0 spiro atoms. The van der Waals surface area contributed by atoms with Crippen LogP contribution in [-0.4, -0.2) is 81.6 Å². The molecule has 0 aliphatic carbocycles. The van der Waals surface area contributed by atoms with E-state index in [2.05, 4.69) is 5.32 Å². The van der Waals surface area contributed by atoms with E-state index in [0.29, 0.717) is 5.56 Å². The van der Waals surface area contributed by atoms with E-state index in [1.807, 2.05) is 5.32 Å². The maximum absolute atomic E-state index is 15.3. The Labute approximate surface area is 229 Å². The zero-order chi connectivity index (χ0) is 28.3. The first-order valence-electron chi connectivity index (χ1n) is 11.1. The molecule has 2 aliphatic heterocycles. The Morgan fingerprint density at radius 2 is 1.66 bits per heavy atom. The van der Waals surface area contributed by atoms with E-state index in [9.17, 15) is 19.2 Å². The van der Waals surface area contributed by atoms with Crippen LogP contribution >= 0.6 is 11.6 Å². The van der Waals surface area contributed by atoms with Crippen LogP contribution in [0.15, 0.2) is 18.2 Å². The monoisotopic (exact) mass is 521 g/mol. The molecule has 0 saturated carbocycles. The Hall–Kier alpha value is -2.94. The highest BCUT2D eigenvalue weighted by molar-refractivity contribution is 6.64. The number of imide groups is 1. The molecule has 38 heavy (non-hydrogen) atoms. The summed E-state index contributed by atoms with van der Waals surface area (Å²) in [6.45, 7) is -0.0368. The third-order valence-electron chi connectivity index (χ3n) is 6.51. The van der Waals surface area contributed by atoms with E-state index in [0.717, 1.165) is 0 Å². The van der Waals surface area contributed by atoms with Crippen LogP contribution in [0.4, 0.5) is 8.78 Å². The average Bonchev–Trinajstić information content (AvgIpc) is 3.16. The first-order chi connectivity index (χ1) is 17.6. The minimum atomic E-state index is -4.39. The Balaban J connectivity index is 1.59. The highest BCUT2D eigenvalue weighted by Gasteiger charge is 2.46. The molecular weight excluding hydrogens is 509 g/mol. The van der Waals surface area contributed by atoms with Crippen LogP contribution in [0.3, 0.4) is 0 Å². The van der Waals surface area contributed by atoms with Gasteiger partial charge in [0.1, 0.15) is 37.4 Å². The van der Waals surface area contributed by atoms with Crippen molar-refractivity contribution in [3.8, 4) is 0 Å². The van der Waals surface area contributed by atoms with Gasteiger partial charge in [-0.2, -0.15) is 8.78 Å². The third-order valence-corrected chi connectivity index (χ3v) is 6.92. The fraction of sp³-hybridized carbons (Fsp3) is 0.273. The van der Waals surface area contributed by atoms with Gasteiger partial charge in [0.25, 0.3) is 11.8 Å². The van der Waals surface area contributed by atoms with Gasteiger partial charge >= 0.3 is 5.92 Å². The molecule has 16 heteroatoms. The van der Waals surface area contributed by atoms with Gasteiger partial charge in [0.05, 0.1) is 15.7 Å². The lowest BCUT2D eigenvalue weighted by molar-refractivity contribution is -0.147. The Morgan fingerprint density at radius 3 is 2.24 bits per heavy atom. The van der Waals surface area contributed by atoms with Crippen LogP contribution in [0.1, 0.15) is 39.9 Å². The van der Waals surface area contributed by atoms with Gasteiger partial charge in [-0.1, -0.05) is 45.6 Å². The molecule has 2 N–H and O–H groups in total. The van der Waals surface area contributed by atoms with Crippen molar-refractivity contribution in [3.05, 3.63) is 45.5 Å². The zero-order valence-electron chi connectivity index (χ0n) is 19.6. The van der Waals surface area contributed by atoms with Crippen LogP contribution < -0.4 is 32.5 Å². The molecule has 2 aromatic carbocycles. The van der Waals surface area contributed by atoms with Gasteiger partial charge in [0.15, 0.2) is 0 Å². The van der Waals surface area contributed by atoms with Crippen molar-refractivity contribution in [2.24, 2.45) is 0 Å². The summed E-state index contributed by atoms with van der Waals surface area (Å²) in [6.07, 6.45) is 0.211. The summed E-state index contributed by atoms with van der Waals surface area (Å²) in [6, 6.07) is 3.08. The van der Waals surface area contributed by atoms with Crippen molar-refractivity contribution in [3.63, 3.8) is 0 Å². The number of hydrogen-bond acceptors (Lipinski definition) is 4.